The number of hydrogen-bond acceptors (Lipinski definition) is 3. The van der Waals surface area contributed by atoms with E-state index in [1.165, 1.54) is 0 Å². The summed E-state index contributed by atoms with van der Waals surface area (Å²) in [5.41, 5.74) is 8.45. The Kier molecular flexibility index (Phi) is 4.07. The molecule has 0 saturated heterocycles. The first-order chi connectivity index (χ1) is 9.06. The zero-order chi connectivity index (χ0) is 13.8. The van der Waals surface area contributed by atoms with Gasteiger partial charge in [0.2, 0.25) is 0 Å². The topological polar surface area (TPSA) is 52.3 Å². The number of rotatable bonds is 3. The summed E-state index contributed by atoms with van der Waals surface area (Å²) in [6, 6.07) is 12.3. The van der Waals surface area contributed by atoms with Crippen molar-refractivity contribution in [3.63, 3.8) is 0 Å². The minimum Gasteiger partial charge on any atom is -0.457 e. The predicted octanol–water partition coefficient (Wildman–Crippen LogP) is 3.59. The van der Waals surface area contributed by atoms with E-state index in [0.29, 0.717) is 16.3 Å². The van der Waals surface area contributed by atoms with Gasteiger partial charge in [0.05, 0.1) is 5.56 Å². The van der Waals surface area contributed by atoms with E-state index < -0.39 is 0 Å². The van der Waals surface area contributed by atoms with Crippen molar-refractivity contribution in [2.75, 3.05) is 5.73 Å². The van der Waals surface area contributed by atoms with Crippen molar-refractivity contribution < 1.29 is 9.53 Å². The van der Waals surface area contributed by atoms with Crippen LogP contribution in [0, 0.1) is 6.92 Å². The lowest BCUT2D eigenvalue weighted by molar-refractivity contribution is 0.0472. The van der Waals surface area contributed by atoms with Crippen molar-refractivity contribution in [1.29, 1.82) is 0 Å². The summed E-state index contributed by atoms with van der Waals surface area (Å²) in [5.74, 6) is -0.363. The fourth-order valence-electron chi connectivity index (χ4n) is 1.77. The molecule has 19 heavy (non-hydrogen) atoms. The Morgan fingerprint density at radius 1 is 1.26 bits per heavy atom. The maximum atomic E-state index is 11.9. The number of benzene rings is 2. The van der Waals surface area contributed by atoms with Crippen LogP contribution in [-0.4, -0.2) is 5.97 Å². The van der Waals surface area contributed by atoms with E-state index in [1.54, 1.807) is 30.3 Å². The first-order valence-electron chi connectivity index (χ1n) is 5.84. The molecule has 0 aliphatic heterocycles. The molecule has 2 N–H and O–H groups in total. The third kappa shape index (κ3) is 3.48. The lowest BCUT2D eigenvalue weighted by Crippen LogP contribution is -2.07. The van der Waals surface area contributed by atoms with Gasteiger partial charge in [-0.05, 0) is 48.4 Å². The Labute approximate surface area is 117 Å². The van der Waals surface area contributed by atoms with E-state index in [2.05, 4.69) is 0 Å². The number of esters is 1. The normalized spacial score (nSPS) is 10.2. The van der Waals surface area contributed by atoms with Crippen LogP contribution in [0.4, 0.5) is 5.69 Å². The number of halogens is 1. The number of hydrogen-bond donors (Lipinski definition) is 1. The molecule has 98 valence electrons. The van der Waals surface area contributed by atoms with Gasteiger partial charge in [-0.25, -0.2) is 4.79 Å². The largest absolute Gasteiger partial charge is 0.457 e. The van der Waals surface area contributed by atoms with Crippen LogP contribution in [-0.2, 0) is 11.3 Å². The van der Waals surface area contributed by atoms with Gasteiger partial charge in [-0.2, -0.15) is 0 Å². The average Bonchev–Trinajstić information content (AvgIpc) is 2.36. The van der Waals surface area contributed by atoms with Crippen LogP contribution >= 0.6 is 11.6 Å². The maximum Gasteiger partial charge on any atom is 0.338 e. The summed E-state index contributed by atoms with van der Waals surface area (Å²) in [6.45, 7) is 2.02. The van der Waals surface area contributed by atoms with Crippen LogP contribution in [0.15, 0.2) is 42.5 Å². The number of nitrogen functional groups attached to an aromatic ring is 1. The van der Waals surface area contributed by atoms with E-state index in [4.69, 9.17) is 22.1 Å². The molecule has 2 aromatic rings. The second-order valence-electron chi connectivity index (χ2n) is 4.28. The molecule has 2 aromatic carbocycles. The van der Waals surface area contributed by atoms with Crippen LogP contribution in [0.5, 0.6) is 0 Å². The molecule has 2 rings (SSSR count). The van der Waals surface area contributed by atoms with Crippen molar-refractivity contribution in [1.82, 2.24) is 0 Å². The molecule has 0 heterocycles. The Balaban J connectivity index is 2.05. The van der Waals surface area contributed by atoms with E-state index in [-0.39, 0.29) is 12.6 Å². The molecule has 0 saturated carbocycles. The SMILES string of the molecule is Cc1cc(N)ccc1C(=O)OCc1cccc(Cl)c1. The minimum absolute atomic E-state index is 0.198. The third-order valence-electron chi connectivity index (χ3n) is 2.73. The molecular formula is C15H14ClNO2. The monoisotopic (exact) mass is 275 g/mol. The zero-order valence-corrected chi connectivity index (χ0v) is 11.3. The molecule has 0 spiro atoms. The maximum absolute atomic E-state index is 11.9. The van der Waals surface area contributed by atoms with Crippen molar-refractivity contribution >= 4 is 23.3 Å². The Morgan fingerprint density at radius 3 is 2.74 bits per heavy atom. The summed E-state index contributed by atoms with van der Waals surface area (Å²) < 4.78 is 5.25. The first-order valence-corrected chi connectivity index (χ1v) is 6.22. The first kappa shape index (κ1) is 13.4. The van der Waals surface area contributed by atoms with Gasteiger partial charge in [0.1, 0.15) is 6.61 Å². The molecule has 4 heteroatoms. The fourth-order valence-corrected chi connectivity index (χ4v) is 1.98. The highest BCUT2D eigenvalue weighted by molar-refractivity contribution is 6.30. The van der Waals surface area contributed by atoms with Crippen molar-refractivity contribution in [2.24, 2.45) is 0 Å². The van der Waals surface area contributed by atoms with Gasteiger partial charge in [-0.1, -0.05) is 23.7 Å². The van der Waals surface area contributed by atoms with E-state index >= 15 is 0 Å². The van der Waals surface area contributed by atoms with E-state index in [1.807, 2.05) is 19.1 Å². The van der Waals surface area contributed by atoms with Crippen LogP contribution in [0.25, 0.3) is 0 Å². The number of aryl methyl sites for hydroxylation is 1. The van der Waals surface area contributed by atoms with Gasteiger partial charge in [0, 0.05) is 10.7 Å². The van der Waals surface area contributed by atoms with Crippen LogP contribution < -0.4 is 5.73 Å². The number of carbonyl (C=O) groups is 1. The molecule has 0 radical (unpaired) electrons. The molecule has 0 aliphatic rings. The molecule has 0 amide bonds. The Bertz CT molecular complexity index is 611. The van der Waals surface area contributed by atoms with E-state index in [0.717, 1.165) is 11.1 Å². The number of ether oxygens (including phenoxy) is 1. The smallest absolute Gasteiger partial charge is 0.338 e. The van der Waals surface area contributed by atoms with Crippen molar-refractivity contribution in [3.8, 4) is 0 Å². The van der Waals surface area contributed by atoms with Gasteiger partial charge in [0.25, 0.3) is 0 Å². The van der Waals surface area contributed by atoms with Crippen LogP contribution in [0.2, 0.25) is 5.02 Å². The van der Waals surface area contributed by atoms with E-state index in [9.17, 15) is 4.79 Å². The molecule has 0 unspecified atom stereocenters. The lowest BCUT2D eigenvalue weighted by Gasteiger charge is -2.08. The molecule has 0 aromatic heterocycles. The highest BCUT2D eigenvalue weighted by atomic mass is 35.5. The fraction of sp³-hybridized carbons (Fsp3) is 0.133. The standard InChI is InChI=1S/C15H14ClNO2/c1-10-7-13(17)5-6-14(10)15(18)19-9-11-3-2-4-12(16)8-11/h2-8H,9,17H2,1H3. The number of anilines is 1. The molecule has 0 aliphatic carbocycles. The highest BCUT2D eigenvalue weighted by Crippen LogP contribution is 2.16. The summed E-state index contributed by atoms with van der Waals surface area (Å²) in [6.07, 6.45) is 0. The summed E-state index contributed by atoms with van der Waals surface area (Å²) in [7, 11) is 0. The van der Waals surface area contributed by atoms with Crippen LogP contribution in [0.1, 0.15) is 21.5 Å². The zero-order valence-electron chi connectivity index (χ0n) is 10.5. The van der Waals surface area contributed by atoms with Gasteiger partial charge < -0.3 is 10.5 Å². The summed E-state index contributed by atoms with van der Waals surface area (Å²) >= 11 is 5.87. The third-order valence-corrected chi connectivity index (χ3v) is 2.96. The highest BCUT2D eigenvalue weighted by Gasteiger charge is 2.10. The molecule has 3 nitrogen and oxygen atoms in total. The summed E-state index contributed by atoms with van der Waals surface area (Å²) in [5, 5.41) is 0.622. The number of nitrogens with two attached hydrogens (primary N) is 1. The number of carbonyl (C=O) groups excluding carboxylic acids is 1. The van der Waals surface area contributed by atoms with Crippen LogP contribution in [0.3, 0.4) is 0 Å². The minimum atomic E-state index is -0.363. The molecular weight excluding hydrogens is 262 g/mol. The van der Waals surface area contributed by atoms with Crippen molar-refractivity contribution in [3.05, 3.63) is 64.2 Å². The molecule has 0 bridgehead atoms. The quantitative estimate of drug-likeness (QED) is 0.688. The second kappa shape index (κ2) is 5.76. The molecule has 0 fully saturated rings. The average molecular weight is 276 g/mol. The lowest BCUT2D eigenvalue weighted by atomic mass is 10.1. The van der Waals surface area contributed by atoms with Gasteiger partial charge in [-0.15, -0.1) is 0 Å². The van der Waals surface area contributed by atoms with Gasteiger partial charge in [0.15, 0.2) is 0 Å². The summed E-state index contributed by atoms with van der Waals surface area (Å²) in [4.78, 5) is 11.9. The molecule has 0 atom stereocenters. The van der Waals surface area contributed by atoms with Gasteiger partial charge in [-0.3, -0.25) is 0 Å². The Hall–Kier alpha value is -2.00. The Morgan fingerprint density at radius 2 is 2.05 bits per heavy atom. The predicted molar refractivity (Wildman–Crippen MR) is 76.2 cm³/mol. The van der Waals surface area contributed by atoms with Crippen molar-refractivity contribution in [2.45, 2.75) is 13.5 Å². The second-order valence-corrected chi connectivity index (χ2v) is 4.72. The van der Waals surface area contributed by atoms with Gasteiger partial charge >= 0.3 is 5.97 Å².